The van der Waals surface area contributed by atoms with Crippen LogP contribution in [0.1, 0.15) is 29.0 Å². The number of nitrogens with zero attached hydrogens (tertiary/aromatic N) is 1. The third kappa shape index (κ3) is 3.85. The van der Waals surface area contributed by atoms with E-state index < -0.39 is 0 Å². The molecule has 7 heteroatoms. The molecule has 0 aliphatic carbocycles. The van der Waals surface area contributed by atoms with Gasteiger partial charge in [0.05, 0.1) is 24.6 Å². The van der Waals surface area contributed by atoms with Crippen molar-refractivity contribution in [2.75, 3.05) is 20.8 Å². The second-order valence-corrected chi connectivity index (χ2v) is 7.71. The van der Waals surface area contributed by atoms with Crippen LogP contribution in [0, 0.1) is 0 Å². The van der Waals surface area contributed by atoms with Gasteiger partial charge in [0.15, 0.2) is 11.5 Å². The van der Waals surface area contributed by atoms with Crippen LogP contribution in [0.15, 0.2) is 24.3 Å². The molecule has 1 aromatic heterocycles. The number of thiophene rings is 1. The first-order valence-electron chi connectivity index (χ1n) is 8.06. The maximum atomic E-state index is 12.6. The number of hydrogen-bond acceptors (Lipinski definition) is 4. The molecule has 1 aliphatic rings. The Morgan fingerprint density at radius 1 is 1.24 bits per heavy atom. The van der Waals surface area contributed by atoms with Crippen molar-refractivity contribution >= 4 is 29.0 Å². The number of fused-ring (bicyclic) bond motifs is 1. The van der Waals surface area contributed by atoms with Crippen LogP contribution in [0.4, 0.5) is 4.79 Å². The van der Waals surface area contributed by atoms with Crippen molar-refractivity contribution in [1.82, 2.24) is 10.2 Å². The first-order chi connectivity index (χ1) is 12.0. The Hall–Kier alpha value is -1.92. The van der Waals surface area contributed by atoms with Gasteiger partial charge in [-0.05, 0) is 48.7 Å². The lowest BCUT2D eigenvalue weighted by Gasteiger charge is -2.30. The lowest BCUT2D eigenvalue weighted by Crippen LogP contribution is -2.43. The van der Waals surface area contributed by atoms with E-state index in [0.29, 0.717) is 18.8 Å². The molecular formula is C18H21ClN2O3S. The highest BCUT2D eigenvalue weighted by Crippen LogP contribution is 2.33. The zero-order chi connectivity index (χ0) is 18.0. The zero-order valence-corrected chi connectivity index (χ0v) is 16.0. The van der Waals surface area contributed by atoms with Crippen molar-refractivity contribution in [3.05, 3.63) is 44.6 Å². The Bertz CT molecular complexity index is 778. The predicted octanol–water partition coefficient (Wildman–Crippen LogP) is 4.25. The third-order valence-electron chi connectivity index (χ3n) is 4.37. The van der Waals surface area contributed by atoms with Gasteiger partial charge in [-0.15, -0.1) is 11.3 Å². The SMILES string of the molecule is COc1cc2c(cc1OC)CN(C(=O)NC(C)c1ccc(Cl)s1)CC2. The van der Waals surface area contributed by atoms with Gasteiger partial charge in [0.25, 0.3) is 0 Å². The van der Waals surface area contributed by atoms with E-state index in [9.17, 15) is 4.79 Å². The van der Waals surface area contributed by atoms with Crippen molar-refractivity contribution in [3.63, 3.8) is 0 Å². The Morgan fingerprint density at radius 2 is 1.92 bits per heavy atom. The Balaban J connectivity index is 1.70. The average molecular weight is 381 g/mol. The van der Waals surface area contributed by atoms with Crippen molar-refractivity contribution in [2.45, 2.75) is 25.9 Å². The van der Waals surface area contributed by atoms with Gasteiger partial charge in [-0.3, -0.25) is 0 Å². The second kappa shape index (κ2) is 7.54. The highest BCUT2D eigenvalue weighted by atomic mass is 35.5. The molecular weight excluding hydrogens is 360 g/mol. The van der Waals surface area contributed by atoms with Crippen molar-refractivity contribution in [2.24, 2.45) is 0 Å². The van der Waals surface area contributed by atoms with Crippen LogP contribution >= 0.6 is 22.9 Å². The molecule has 0 bridgehead atoms. The normalized spacial score (nSPS) is 14.6. The number of halogens is 1. The fourth-order valence-corrected chi connectivity index (χ4v) is 4.03. The molecule has 1 aromatic carbocycles. The average Bonchev–Trinajstić information content (AvgIpc) is 3.06. The first kappa shape index (κ1) is 17.9. The van der Waals surface area contributed by atoms with E-state index >= 15 is 0 Å². The molecule has 1 aliphatic heterocycles. The van der Waals surface area contributed by atoms with E-state index in [0.717, 1.165) is 26.9 Å². The molecule has 2 heterocycles. The van der Waals surface area contributed by atoms with Crippen LogP contribution in [0.25, 0.3) is 0 Å². The molecule has 5 nitrogen and oxygen atoms in total. The van der Waals surface area contributed by atoms with Crippen molar-refractivity contribution < 1.29 is 14.3 Å². The molecule has 0 saturated carbocycles. The van der Waals surface area contributed by atoms with Gasteiger partial charge in [-0.2, -0.15) is 0 Å². The molecule has 25 heavy (non-hydrogen) atoms. The maximum absolute atomic E-state index is 12.6. The van der Waals surface area contributed by atoms with Gasteiger partial charge in [-0.25, -0.2) is 4.79 Å². The summed E-state index contributed by atoms with van der Waals surface area (Å²) < 4.78 is 11.4. The van der Waals surface area contributed by atoms with Crippen LogP contribution in [0.5, 0.6) is 11.5 Å². The molecule has 1 atom stereocenters. The Labute approximate surface area is 156 Å². The van der Waals surface area contributed by atoms with E-state index in [-0.39, 0.29) is 12.1 Å². The fraction of sp³-hybridized carbons (Fsp3) is 0.389. The van der Waals surface area contributed by atoms with E-state index in [2.05, 4.69) is 5.32 Å². The molecule has 1 unspecified atom stereocenters. The number of rotatable bonds is 4. The van der Waals surface area contributed by atoms with Crippen molar-refractivity contribution in [1.29, 1.82) is 0 Å². The topological polar surface area (TPSA) is 50.8 Å². The largest absolute Gasteiger partial charge is 0.493 e. The lowest BCUT2D eigenvalue weighted by atomic mass is 9.99. The minimum atomic E-state index is -0.0724. The minimum Gasteiger partial charge on any atom is -0.493 e. The fourth-order valence-electron chi connectivity index (χ4n) is 2.97. The minimum absolute atomic E-state index is 0.0718. The number of carbonyl (C=O) groups excluding carboxylic acids is 1. The van der Waals surface area contributed by atoms with Gasteiger partial charge in [-0.1, -0.05) is 11.6 Å². The summed E-state index contributed by atoms with van der Waals surface area (Å²) in [7, 11) is 3.25. The third-order valence-corrected chi connectivity index (χ3v) is 5.78. The molecule has 0 spiro atoms. The smallest absolute Gasteiger partial charge is 0.318 e. The highest BCUT2D eigenvalue weighted by molar-refractivity contribution is 7.16. The zero-order valence-electron chi connectivity index (χ0n) is 14.5. The van der Waals surface area contributed by atoms with E-state index in [4.69, 9.17) is 21.1 Å². The molecule has 134 valence electrons. The molecule has 3 rings (SSSR count). The summed E-state index contributed by atoms with van der Waals surface area (Å²) in [6.45, 7) is 3.19. The number of ether oxygens (including phenoxy) is 2. The molecule has 0 saturated heterocycles. The summed E-state index contributed by atoms with van der Waals surface area (Å²) in [6.07, 6.45) is 0.794. The maximum Gasteiger partial charge on any atom is 0.318 e. The van der Waals surface area contributed by atoms with Gasteiger partial charge >= 0.3 is 6.03 Å². The van der Waals surface area contributed by atoms with E-state index in [1.54, 1.807) is 14.2 Å². The van der Waals surface area contributed by atoms with Gasteiger partial charge in [0, 0.05) is 18.0 Å². The number of carbonyl (C=O) groups is 1. The molecule has 1 N–H and O–H groups in total. The Morgan fingerprint density at radius 3 is 2.52 bits per heavy atom. The summed E-state index contributed by atoms with van der Waals surface area (Å²) in [5, 5.41) is 3.04. The van der Waals surface area contributed by atoms with Gasteiger partial charge in [0.2, 0.25) is 0 Å². The monoisotopic (exact) mass is 380 g/mol. The van der Waals surface area contributed by atoms with E-state index in [1.807, 2.05) is 36.1 Å². The summed E-state index contributed by atoms with van der Waals surface area (Å²) in [5.41, 5.74) is 2.28. The van der Waals surface area contributed by atoms with Gasteiger partial charge in [0.1, 0.15) is 0 Å². The number of nitrogens with one attached hydrogen (secondary N) is 1. The van der Waals surface area contributed by atoms with Crippen LogP contribution in [0.2, 0.25) is 4.34 Å². The highest BCUT2D eigenvalue weighted by Gasteiger charge is 2.24. The number of amides is 2. The summed E-state index contributed by atoms with van der Waals surface area (Å²) in [5.74, 6) is 1.41. The van der Waals surface area contributed by atoms with Crippen LogP contribution < -0.4 is 14.8 Å². The molecule has 0 fully saturated rings. The Kier molecular flexibility index (Phi) is 5.39. The number of hydrogen-bond donors (Lipinski definition) is 1. The van der Waals surface area contributed by atoms with Gasteiger partial charge < -0.3 is 19.7 Å². The molecule has 2 aromatic rings. The van der Waals surface area contributed by atoms with Crippen LogP contribution in [-0.4, -0.2) is 31.7 Å². The lowest BCUT2D eigenvalue weighted by molar-refractivity contribution is 0.189. The number of urea groups is 1. The van der Waals surface area contributed by atoms with Crippen LogP contribution in [-0.2, 0) is 13.0 Å². The van der Waals surface area contributed by atoms with Crippen LogP contribution in [0.3, 0.4) is 0 Å². The number of methoxy groups -OCH3 is 2. The van der Waals surface area contributed by atoms with E-state index in [1.165, 1.54) is 16.9 Å². The summed E-state index contributed by atoms with van der Waals surface area (Å²) in [6, 6.07) is 7.60. The number of benzene rings is 1. The quantitative estimate of drug-likeness (QED) is 0.862. The molecule has 0 radical (unpaired) electrons. The second-order valence-electron chi connectivity index (χ2n) is 5.96. The standard InChI is InChI=1S/C18H21ClN2O3S/c1-11(16-4-5-17(19)25-16)20-18(22)21-7-6-12-8-14(23-2)15(24-3)9-13(12)10-21/h4-5,8-9,11H,6-7,10H2,1-3H3,(H,20,22). The first-order valence-corrected chi connectivity index (χ1v) is 9.25. The van der Waals surface area contributed by atoms with Crippen molar-refractivity contribution in [3.8, 4) is 11.5 Å². The summed E-state index contributed by atoms with van der Waals surface area (Å²) >= 11 is 7.46. The summed E-state index contributed by atoms with van der Waals surface area (Å²) in [4.78, 5) is 15.5. The predicted molar refractivity (Wildman–Crippen MR) is 99.9 cm³/mol. The molecule has 2 amide bonds.